The lowest BCUT2D eigenvalue weighted by Crippen LogP contribution is -2.15. The second-order valence-corrected chi connectivity index (χ2v) is 11.7. The lowest BCUT2D eigenvalue weighted by molar-refractivity contribution is 0.118. The fourth-order valence-electron chi connectivity index (χ4n) is 1.51. The van der Waals surface area contributed by atoms with Crippen LogP contribution in [-0.2, 0) is 11.3 Å². The van der Waals surface area contributed by atoms with E-state index in [1.54, 1.807) is 0 Å². The van der Waals surface area contributed by atoms with Crippen molar-refractivity contribution < 1.29 is 4.74 Å². The van der Waals surface area contributed by atoms with Crippen LogP contribution in [0.15, 0.2) is 30.3 Å². The smallest absolute Gasteiger partial charge is 0.150 e. The van der Waals surface area contributed by atoms with Gasteiger partial charge < -0.3 is 4.74 Å². The Hall–Kier alpha value is -0.313. The molecule has 0 spiro atoms. The Morgan fingerprint density at radius 1 is 1.12 bits per heavy atom. The van der Waals surface area contributed by atoms with E-state index in [0.717, 1.165) is 19.6 Å². The van der Waals surface area contributed by atoms with Gasteiger partial charge in [-0.1, -0.05) is 49.8 Å². The van der Waals surface area contributed by atoms with Gasteiger partial charge in [-0.25, -0.2) is 0 Å². The molecule has 16 heavy (non-hydrogen) atoms. The molecule has 0 aliphatic carbocycles. The van der Waals surface area contributed by atoms with Gasteiger partial charge in [-0.2, -0.15) is 11.1 Å². The summed E-state index contributed by atoms with van der Waals surface area (Å²) < 4.78 is 5.61. The van der Waals surface area contributed by atoms with E-state index in [0.29, 0.717) is 0 Å². The van der Waals surface area contributed by atoms with Crippen molar-refractivity contribution in [3.63, 3.8) is 0 Å². The molecule has 1 nitrogen and oxygen atoms in total. The van der Waals surface area contributed by atoms with E-state index in [4.69, 9.17) is 15.8 Å². The van der Waals surface area contributed by atoms with Crippen LogP contribution in [0.3, 0.4) is 0 Å². The Balaban J connectivity index is 2.01. The molecule has 90 valence electrons. The maximum atomic E-state index is 6.24. The van der Waals surface area contributed by atoms with Crippen LogP contribution in [0.5, 0.6) is 0 Å². The van der Waals surface area contributed by atoms with Crippen molar-refractivity contribution in [1.82, 2.24) is 0 Å². The average molecular weight is 257 g/mol. The largest absolute Gasteiger partial charge is 0.377 e. The maximum Gasteiger partial charge on any atom is 0.150 e. The Morgan fingerprint density at radius 3 is 2.44 bits per heavy atom. The highest BCUT2D eigenvalue weighted by atomic mass is 35.6. The maximum absolute atomic E-state index is 6.24. The number of benzene rings is 1. The van der Waals surface area contributed by atoms with Crippen LogP contribution in [0.4, 0.5) is 0 Å². The molecule has 0 aromatic heterocycles. The van der Waals surface area contributed by atoms with Crippen LogP contribution < -0.4 is 0 Å². The number of rotatable bonds is 7. The summed E-state index contributed by atoms with van der Waals surface area (Å²) in [6.45, 7) is 5.96. The summed E-state index contributed by atoms with van der Waals surface area (Å²) in [5.41, 5.74) is 1.24. The first kappa shape index (κ1) is 13.8. The highest BCUT2D eigenvalue weighted by Gasteiger charge is 2.15. The molecule has 0 unspecified atom stereocenters. The first-order valence-corrected chi connectivity index (χ1v) is 10.1. The summed E-state index contributed by atoms with van der Waals surface area (Å²) >= 11 is 6.24. The lowest BCUT2D eigenvalue weighted by atomic mass is 10.2. The third-order valence-corrected chi connectivity index (χ3v) is 4.53. The van der Waals surface area contributed by atoms with Crippen molar-refractivity contribution in [2.75, 3.05) is 6.61 Å². The van der Waals surface area contributed by atoms with E-state index in [1.165, 1.54) is 18.0 Å². The summed E-state index contributed by atoms with van der Waals surface area (Å²) in [6, 6.07) is 11.5. The van der Waals surface area contributed by atoms with E-state index in [2.05, 4.69) is 25.2 Å². The van der Waals surface area contributed by atoms with Crippen LogP contribution in [-0.4, -0.2) is 14.0 Å². The molecule has 0 bridgehead atoms. The molecule has 0 N–H and O–H groups in total. The van der Waals surface area contributed by atoms with E-state index in [9.17, 15) is 0 Å². The number of hydrogen-bond acceptors (Lipinski definition) is 1. The second-order valence-electron chi connectivity index (χ2n) is 4.71. The van der Waals surface area contributed by atoms with Gasteiger partial charge in [-0.05, 0) is 18.0 Å². The minimum atomic E-state index is -1.36. The summed E-state index contributed by atoms with van der Waals surface area (Å²) in [5, 5.41) is 0. The number of hydrogen-bond donors (Lipinski definition) is 0. The molecule has 0 saturated carbocycles. The highest BCUT2D eigenvalue weighted by Crippen LogP contribution is 2.17. The third kappa shape index (κ3) is 7.04. The number of halogens is 1. The van der Waals surface area contributed by atoms with Crippen LogP contribution in [0.2, 0.25) is 19.1 Å². The summed E-state index contributed by atoms with van der Waals surface area (Å²) in [6.07, 6.45) is 2.31. The van der Waals surface area contributed by atoms with Gasteiger partial charge in [0.15, 0.2) is 0 Å². The number of unbranched alkanes of at least 4 members (excludes halogenated alkanes) is 1. The van der Waals surface area contributed by atoms with Gasteiger partial charge in [0.2, 0.25) is 0 Å². The third-order valence-electron chi connectivity index (χ3n) is 2.42. The molecular weight excluding hydrogens is 236 g/mol. The van der Waals surface area contributed by atoms with Gasteiger partial charge in [0.05, 0.1) is 6.61 Å². The fraction of sp³-hybridized carbons (Fsp3) is 0.538. The van der Waals surface area contributed by atoms with Crippen molar-refractivity contribution in [3.05, 3.63) is 35.9 Å². The molecule has 1 aromatic carbocycles. The normalized spacial score (nSPS) is 11.7. The Morgan fingerprint density at radius 2 is 1.81 bits per heavy atom. The van der Waals surface area contributed by atoms with Crippen molar-refractivity contribution >= 4 is 18.5 Å². The highest BCUT2D eigenvalue weighted by molar-refractivity contribution is 7.19. The lowest BCUT2D eigenvalue weighted by Gasteiger charge is -2.12. The van der Waals surface area contributed by atoms with Crippen molar-refractivity contribution in [1.29, 1.82) is 0 Å². The molecular formula is C13H21ClOSi. The minimum absolute atomic E-state index is 0.725. The Labute approximate surface area is 104 Å². The molecule has 1 rings (SSSR count). The molecule has 0 atom stereocenters. The topological polar surface area (TPSA) is 9.23 Å². The predicted octanol–water partition coefficient (Wildman–Crippen LogP) is 4.43. The first-order chi connectivity index (χ1) is 7.58. The van der Waals surface area contributed by atoms with Gasteiger partial charge in [0, 0.05) is 6.61 Å². The van der Waals surface area contributed by atoms with Crippen LogP contribution in [0.1, 0.15) is 18.4 Å². The van der Waals surface area contributed by atoms with Gasteiger partial charge in [-0.15, -0.1) is 0 Å². The number of ether oxygens (including phenoxy) is 1. The molecule has 0 aliphatic rings. The van der Waals surface area contributed by atoms with E-state index in [1.807, 2.05) is 18.2 Å². The van der Waals surface area contributed by atoms with Crippen molar-refractivity contribution in [2.24, 2.45) is 0 Å². The molecule has 0 aliphatic heterocycles. The Kier molecular flexibility index (Phi) is 6.10. The zero-order valence-corrected chi connectivity index (χ0v) is 12.0. The minimum Gasteiger partial charge on any atom is -0.377 e. The summed E-state index contributed by atoms with van der Waals surface area (Å²) in [4.78, 5) is 0. The second kappa shape index (κ2) is 7.10. The monoisotopic (exact) mass is 256 g/mol. The van der Waals surface area contributed by atoms with Gasteiger partial charge in [0.25, 0.3) is 0 Å². The predicted molar refractivity (Wildman–Crippen MR) is 73.5 cm³/mol. The van der Waals surface area contributed by atoms with Crippen molar-refractivity contribution in [3.8, 4) is 0 Å². The van der Waals surface area contributed by atoms with Crippen molar-refractivity contribution in [2.45, 2.75) is 38.6 Å². The van der Waals surface area contributed by atoms with E-state index < -0.39 is 7.38 Å². The first-order valence-electron chi connectivity index (χ1n) is 5.88. The molecule has 0 amide bonds. The standard InChI is InChI=1S/C13H21ClOSi/c1-16(2,14)11-7-6-10-15-12-13-8-4-3-5-9-13/h3-5,8-9H,6-7,10-12H2,1-2H3. The summed E-state index contributed by atoms with van der Waals surface area (Å²) in [7, 11) is -1.36. The molecule has 0 radical (unpaired) electrons. The average Bonchev–Trinajstić information content (AvgIpc) is 2.23. The van der Waals surface area contributed by atoms with Crippen LogP contribution >= 0.6 is 11.1 Å². The molecule has 1 aromatic rings. The molecule has 0 heterocycles. The van der Waals surface area contributed by atoms with Gasteiger partial charge in [0.1, 0.15) is 7.38 Å². The zero-order chi connectivity index (χ0) is 11.9. The SMILES string of the molecule is C[Si](C)(Cl)CCCCOCc1ccccc1. The van der Waals surface area contributed by atoms with Gasteiger partial charge >= 0.3 is 0 Å². The molecule has 3 heteroatoms. The van der Waals surface area contributed by atoms with E-state index >= 15 is 0 Å². The van der Waals surface area contributed by atoms with Gasteiger partial charge in [-0.3, -0.25) is 0 Å². The fourth-order valence-corrected chi connectivity index (χ4v) is 3.01. The van der Waals surface area contributed by atoms with E-state index in [-0.39, 0.29) is 0 Å². The van der Waals surface area contributed by atoms with Crippen LogP contribution in [0.25, 0.3) is 0 Å². The summed E-state index contributed by atoms with van der Waals surface area (Å²) in [5.74, 6) is 0. The molecule has 0 fully saturated rings. The Bertz CT molecular complexity index is 282. The quantitative estimate of drug-likeness (QED) is 0.399. The zero-order valence-electron chi connectivity index (χ0n) is 10.2. The molecule has 0 saturated heterocycles. The van der Waals surface area contributed by atoms with Crippen LogP contribution in [0, 0.1) is 0 Å².